The number of urea groups is 1. The fourth-order valence-corrected chi connectivity index (χ4v) is 2.76. The molecule has 0 spiro atoms. The number of carbonyl (C=O) groups is 3. The summed E-state index contributed by atoms with van der Waals surface area (Å²) in [6.07, 6.45) is -4.38. The number of hydrogen-bond acceptors (Lipinski definition) is 3. The molecule has 1 fully saturated rings. The molecule has 4 amide bonds. The summed E-state index contributed by atoms with van der Waals surface area (Å²) in [4.78, 5) is 37.2. The number of nitrogens with one attached hydrogen (secondary N) is 3. The Balaban J connectivity index is 1.94. The van der Waals surface area contributed by atoms with Gasteiger partial charge in [0, 0.05) is 26.7 Å². The van der Waals surface area contributed by atoms with Crippen molar-refractivity contribution < 1.29 is 27.6 Å². The van der Waals surface area contributed by atoms with Crippen molar-refractivity contribution in [3.8, 4) is 0 Å². The van der Waals surface area contributed by atoms with Gasteiger partial charge in [0.25, 0.3) is 0 Å². The highest BCUT2D eigenvalue weighted by Crippen LogP contribution is 2.29. The molecule has 1 aromatic carbocycles. The standard InChI is InChI=1S/C17H21F3N4O3/c1-21-14(25)10-13-15(26)22-7-8-24(13)16(27)23-6-5-11-3-2-4-12(9-11)17(18,19)20/h2-4,9,13H,5-8,10H2,1H3,(H,21,25)(H,22,26)(H,23,27)/t13-/m0/s1. The van der Waals surface area contributed by atoms with E-state index in [1.54, 1.807) is 6.07 Å². The zero-order valence-electron chi connectivity index (χ0n) is 14.7. The quantitative estimate of drug-likeness (QED) is 0.702. The summed E-state index contributed by atoms with van der Waals surface area (Å²) >= 11 is 0. The van der Waals surface area contributed by atoms with E-state index in [9.17, 15) is 27.6 Å². The third-order valence-electron chi connectivity index (χ3n) is 4.19. The van der Waals surface area contributed by atoms with Crippen molar-refractivity contribution in [1.29, 1.82) is 0 Å². The largest absolute Gasteiger partial charge is 0.416 e. The Morgan fingerprint density at radius 3 is 2.74 bits per heavy atom. The zero-order valence-corrected chi connectivity index (χ0v) is 14.7. The molecule has 1 atom stereocenters. The van der Waals surface area contributed by atoms with Crippen molar-refractivity contribution in [3.63, 3.8) is 0 Å². The number of piperazine rings is 1. The number of alkyl halides is 3. The molecule has 148 valence electrons. The van der Waals surface area contributed by atoms with Gasteiger partial charge in [0.1, 0.15) is 6.04 Å². The molecule has 0 unspecified atom stereocenters. The molecule has 1 aromatic rings. The number of rotatable bonds is 5. The summed E-state index contributed by atoms with van der Waals surface area (Å²) in [5.74, 6) is -0.795. The molecule has 0 bridgehead atoms. The van der Waals surface area contributed by atoms with Crippen LogP contribution in [-0.2, 0) is 22.2 Å². The van der Waals surface area contributed by atoms with Crippen LogP contribution in [0.4, 0.5) is 18.0 Å². The van der Waals surface area contributed by atoms with E-state index in [4.69, 9.17) is 0 Å². The minimum atomic E-state index is -4.42. The highest BCUT2D eigenvalue weighted by atomic mass is 19.4. The molecule has 0 saturated carbocycles. The van der Waals surface area contributed by atoms with E-state index in [1.807, 2.05) is 0 Å². The Bertz CT molecular complexity index is 709. The highest BCUT2D eigenvalue weighted by Gasteiger charge is 2.34. The van der Waals surface area contributed by atoms with E-state index in [0.29, 0.717) is 5.56 Å². The van der Waals surface area contributed by atoms with E-state index < -0.39 is 29.7 Å². The van der Waals surface area contributed by atoms with Gasteiger partial charge in [0.15, 0.2) is 0 Å². The minimum Gasteiger partial charge on any atom is -0.359 e. The first kappa shape index (κ1) is 20.5. The molecule has 2 rings (SSSR count). The smallest absolute Gasteiger partial charge is 0.359 e. The van der Waals surface area contributed by atoms with Crippen molar-refractivity contribution >= 4 is 17.8 Å². The molecule has 1 saturated heterocycles. The van der Waals surface area contributed by atoms with E-state index in [1.165, 1.54) is 18.0 Å². The summed E-state index contributed by atoms with van der Waals surface area (Å²) < 4.78 is 38.2. The van der Waals surface area contributed by atoms with Gasteiger partial charge < -0.3 is 20.9 Å². The van der Waals surface area contributed by atoms with Gasteiger partial charge in [-0.3, -0.25) is 9.59 Å². The van der Waals surface area contributed by atoms with Crippen LogP contribution in [0, 0.1) is 0 Å². The Kier molecular flexibility index (Phi) is 6.65. The molecule has 0 radical (unpaired) electrons. The molecule has 10 heteroatoms. The fourth-order valence-electron chi connectivity index (χ4n) is 2.76. The monoisotopic (exact) mass is 386 g/mol. The van der Waals surface area contributed by atoms with Gasteiger partial charge in [-0.2, -0.15) is 13.2 Å². The van der Waals surface area contributed by atoms with Crippen LogP contribution in [0.25, 0.3) is 0 Å². The lowest BCUT2D eigenvalue weighted by Gasteiger charge is -2.34. The zero-order chi connectivity index (χ0) is 20.0. The van der Waals surface area contributed by atoms with Gasteiger partial charge >= 0.3 is 12.2 Å². The van der Waals surface area contributed by atoms with Crippen molar-refractivity contribution in [2.24, 2.45) is 0 Å². The number of halogens is 3. The predicted octanol–water partition coefficient (Wildman–Crippen LogP) is 0.894. The molecule has 7 nitrogen and oxygen atoms in total. The number of amides is 4. The molecule has 1 heterocycles. The van der Waals surface area contributed by atoms with Gasteiger partial charge in [-0.15, -0.1) is 0 Å². The van der Waals surface area contributed by atoms with Crippen LogP contribution in [0.2, 0.25) is 0 Å². The highest BCUT2D eigenvalue weighted by molar-refractivity contribution is 5.92. The molecule has 0 aliphatic carbocycles. The third kappa shape index (κ3) is 5.60. The molecule has 27 heavy (non-hydrogen) atoms. The van der Waals surface area contributed by atoms with E-state index in [0.717, 1.165) is 12.1 Å². The Morgan fingerprint density at radius 2 is 2.07 bits per heavy atom. The molecule has 1 aliphatic rings. The predicted molar refractivity (Wildman–Crippen MR) is 90.7 cm³/mol. The third-order valence-corrected chi connectivity index (χ3v) is 4.19. The first-order valence-electron chi connectivity index (χ1n) is 8.41. The normalized spacial score (nSPS) is 17.3. The summed E-state index contributed by atoms with van der Waals surface area (Å²) in [6, 6.07) is 3.42. The van der Waals surface area contributed by atoms with Gasteiger partial charge in [0.2, 0.25) is 11.8 Å². The maximum Gasteiger partial charge on any atom is 0.416 e. The van der Waals surface area contributed by atoms with E-state index >= 15 is 0 Å². The van der Waals surface area contributed by atoms with Crippen LogP contribution in [0.15, 0.2) is 24.3 Å². The van der Waals surface area contributed by atoms with Crippen molar-refractivity contribution in [2.45, 2.75) is 25.1 Å². The molecule has 3 N–H and O–H groups in total. The maximum atomic E-state index is 12.7. The van der Waals surface area contributed by atoms with E-state index in [2.05, 4.69) is 16.0 Å². The summed E-state index contributed by atoms with van der Waals surface area (Å²) in [5, 5.41) is 7.60. The van der Waals surface area contributed by atoms with E-state index in [-0.39, 0.29) is 38.4 Å². The minimum absolute atomic E-state index is 0.102. The number of benzene rings is 1. The first-order chi connectivity index (χ1) is 12.7. The Hall–Kier alpha value is -2.78. The fraction of sp³-hybridized carbons (Fsp3) is 0.471. The summed E-state index contributed by atoms with van der Waals surface area (Å²) in [5.41, 5.74) is -0.312. The number of carbonyl (C=O) groups excluding carboxylic acids is 3. The summed E-state index contributed by atoms with van der Waals surface area (Å²) in [7, 11) is 1.43. The van der Waals surface area contributed by atoms with Gasteiger partial charge in [0.05, 0.1) is 12.0 Å². The SMILES string of the molecule is CNC(=O)C[C@H]1C(=O)NCCN1C(=O)NCCc1cccc(C(F)(F)F)c1. The summed E-state index contributed by atoms with van der Waals surface area (Å²) in [6.45, 7) is 0.609. The Morgan fingerprint density at radius 1 is 1.33 bits per heavy atom. The lowest BCUT2D eigenvalue weighted by molar-refractivity contribution is -0.137. The lowest BCUT2D eigenvalue weighted by Crippen LogP contribution is -2.60. The average molecular weight is 386 g/mol. The van der Waals surface area contributed by atoms with Gasteiger partial charge in [-0.05, 0) is 18.1 Å². The topological polar surface area (TPSA) is 90.5 Å². The van der Waals surface area contributed by atoms with Crippen LogP contribution >= 0.6 is 0 Å². The van der Waals surface area contributed by atoms with Crippen LogP contribution in [0.1, 0.15) is 17.5 Å². The van der Waals surface area contributed by atoms with Gasteiger partial charge in [-0.25, -0.2) is 4.79 Å². The second-order valence-corrected chi connectivity index (χ2v) is 6.06. The first-order valence-corrected chi connectivity index (χ1v) is 8.41. The molecule has 1 aliphatic heterocycles. The molecular weight excluding hydrogens is 365 g/mol. The lowest BCUT2D eigenvalue weighted by atomic mass is 10.1. The van der Waals surface area contributed by atoms with Crippen LogP contribution in [0.3, 0.4) is 0 Å². The number of hydrogen-bond donors (Lipinski definition) is 3. The van der Waals surface area contributed by atoms with Crippen molar-refractivity contribution in [3.05, 3.63) is 35.4 Å². The molecular formula is C17H21F3N4O3. The van der Waals surface area contributed by atoms with Crippen molar-refractivity contribution in [1.82, 2.24) is 20.9 Å². The second-order valence-electron chi connectivity index (χ2n) is 6.06. The van der Waals surface area contributed by atoms with Crippen LogP contribution in [0.5, 0.6) is 0 Å². The molecule has 0 aromatic heterocycles. The number of nitrogens with zero attached hydrogens (tertiary/aromatic N) is 1. The average Bonchev–Trinajstić information content (AvgIpc) is 2.62. The van der Waals surface area contributed by atoms with Gasteiger partial charge in [-0.1, -0.05) is 18.2 Å². The van der Waals surface area contributed by atoms with Crippen LogP contribution in [-0.4, -0.2) is 55.5 Å². The second kappa shape index (κ2) is 8.74. The van der Waals surface area contributed by atoms with Crippen LogP contribution < -0.4 is 16.0 Å². The maximum absolute atomic E-state index is 12.7. The Labute approximate surface area is 154 Å². The van der Waals surface area contributed by atoms with Crippen molar-refractivity contribution in [2.75, 3.05) is 26.7 Å².